The van der Waals surface area contributed by atoms with Crippen LogP contribution in [0.4, 0.5) is 0 Å². The van der Waals surface area contributed by atoms with Gasteiger partial charge in [0, 0.05) is 64.5 Å². The van der Waals surface area contributed by atoms with Gasteiger partial charge in [0.2, 0.25) is 5.91 Å². The quantitative estimate of drug-likeness (QED) is 0.815. The van der Waals surface area contributed by atoms with Crippen molar-refractivity contribution in [2.24, 2.45) is 12.8 Å². The van der Waals surface area contributed by atoms with E-state index in [2.05, 4.69) is 16.9 Å². The van der Waals surface area contributed by atoms with Crippen molar-refractivity contribution in [2.75, 3.05) is 33.2 Å². The largest absolute Gasteiger partial charge is 0.343 e. The molecule has 1 fully saturated rings. The average molecular weight is 293 g/mol. The third-order valence-electron chi connectivity index (χ3n) is 4.41. The van der Waals surface area contributed by atoms with Gasteiger partial charge in [0.25, 0.3) is 0 Å². The average Bonchev–Trinajstić information content (AvgIpc) is 2.90. The number of carbonyl (C=O) groups is 1. The molecule has 118 valence electrons. The van der Waals surface area contributed by atoms with E-state index in [9.17, 15) is 4.79 Å². The van der Waals surface area contributed by atoms with E-state index in [-0.39, 0.29) is 5.91 Å². The molecule has 0 aliphatic carbocycles. The molecular formula is C15H27N5O. The van der Waals surface area contributed by atoms with Gasteiger partial charge in [0.05, 0.1) is 0 Å². The van der Waals surface area contributed by atoms with Gasteiger partial charge >= 0.3 is 0 Å². The highest BCUT2D eigenvalue weighted by Crippen LogP contribution is 2.16. The summed E-state index contributed by atoms with van der Waals surface area (Å²) in [5.41, 5.74) is 5.60. The second-order valence-corrected chi connectivity index (χ2v) is 5.84. The number of likely N-dealkylation sites (tertiary alicyclic amines) is 1. The van der Waals surface area contributed by atoms with Gasteiger partial charge in [0.1, 0.15) is 5.82 Å². The number of amides is 1. The zero-order chi connectivity index (χ0) is 15.2. The first-order valence-electron chi connectivity index (χ1n) is 7.76. The highest BCUT2D eigenvalue weighted by Gasteiger charge is 2.24. The summed E-state index contributed by atoms with van der Waals surface area (Å²) in [5.74, 6) is 1.22. The van der Waals surface area contributed by atoms with Crippen LogP contribution in [-0.2, 0) is 18.3 Å². The third-order valence-corrected chi connectivity index (χ3v) is 4.41. The standard InChI is InChI=1S/C15H27N5O/c1-18(11-7-16)13-5-9-20(10-6-13)15(21)4-3-14-17-8-12-19(14)2/h8,12-13H,3-7,9-11,16H2,1-2H3. The van der Waals surface area contributed by atoms with Crippen LogP contribution in [-0.4, -0.2) is 64.5 Å². The molecule has 0 unspecified atom stereocenters. The molecule has 2 heterocycles. The second-order valence-electron chi connectivity index (χ2n) is 5.84. The van der Waals surface area contributed by atoms with Crippen LogP contribution in [0, 0.1) is 0 Å². The monoisotopic (exact) mass is 293 g/mol. The number of imidazole rings is 1. The Morgan fingerprint density at radius 1 is 1.48 bits per heavy atom. The summed E-state index contributed by atoms with van der Waals surface area (Å²) in [7, 11) is 4.08. The maximum atomic E-state index is 12.3. The van der Waals surface area contributed by atoms with Crippen molar-refractivity contribution in [3.05, 3.63) is 18.2 Å². The Balaban J connectivity index is 1.74. The van der Waals surface area contributed by atoms with Crippen molar-refractivity contribution in [1.82, 2.24) is 19.4 Å². The first-order chi connectivity index (χ1) is 10.1. The van der Waals surface area contributed by atoms with Gasteiger partial charge in [-0.25, -0.2) is 4.98 Å². The first kappa shape index (κ1) is 16.0. The Bertz CT molecular complexity index is 451. The van der Waals surface area contributed by atoms with Crippen LogP contribution in [0.1, 0.15) is 25.1 Å². The number of rotatable bonds is 6. The van der Waals surface area contributed by atoms with Gasteiger partial charge < -0.3 is 20.1 Å². The van der Waals surface area contributed by atoms with Gasteiger partial charge in [0.15, 0.2) is 0 Å². The molecule has 0 atom stereocenters. The number of carbonyl (C=O) groups excluding carboxylic acids is 1. The van der Waals surface area contributed by atoms with Gasteiger partial charge in [-0.2, -0.15) is 0 Å². The van der Waals surface area contributed by atoms with E-state index in [1.54, 1.807) is 6.20 Å². The zero-order valence-corrected chi connectivity index (χ0v) is 13.2. The number of aromatic nitrogens is 2. The number of nitrogens with zero attached hydrogens (tertiary/aromatic N) is 4. The van der Waals surface area contributed by atoms with Crippen molar-refractivity contribution in [3.63, 3.8) is 0 Å². The summed E-state index contributed by atoms with van der Waals surface area (Å²) in [6.07, 6.45) is 7.05. The molecule has 1 saturated heterocycles. The molecule has 1 aliphatic heterocycles. The minimum Gasteiger partial charge on any atom is -0.343 e. The number of aryl methyl sites for hydroxylation is 2. The van der Waals surface area contributed by atoms with E-state index in [4.69, 9.17) is 5.73 Å². The fourth-order valence-electron chi connectivity index (χ4n) is 2.96. The Kier molecular flexibility index (Phi) is 5.76. The van der Waals surface area contributed by atoms with Crippen LogP contribution in [0.2, 0.25) is 0 Å². The molecule has 1 aromatic heterocycles. The van der Waals surface area contributed by atoms with Crippen LogP contribution in [0.25, 0.3) is 0 Å². The molecular weight excluding hydrogens is 266 g/mol. The fourth-order valence-corrected chi connectivity index (χ4v) is 2.96. The molecule has 21 heavy (non-hydrogen) atoms. The Hall–Kier alpha value is -1.40. The number of hydrogen-bond donors (Lipinski definition) is 1. The third kappa shape index (κ3) is 4.28. The van der Waals surface area contributed by atoms with Gasteiger partial charge in [-0.1, -0.05) is 0 Å². The van der Waals surface area contributed by atoms with E-state index in [1.165, 1.54) is 0 Å². The molecule has 6 heteroatoms. The van der Waals surface area contributed by atoms with Crippen molar-refractivity contribution in [2.45, 2.75) is 31.7 Å². The highest BCUT2D eigenvalue weighted by molar-refractivity contribution is 5.76. The van der Waals surface area contributed by atoms with E-state index >= 15 is 0 Å². The topological polar surface area (TPSA) is 67.4 Å². The lowest BCUT2D eigenvalue weighted by Gasteiger charge is -2.36. The molecule has 2 rings (SSSR count). The summed E-state index contributed by atoms with van der Waals surface area (Å²) in [5, 5.41) is 0. The van der Waals surface area contributed by atoms with Crippen molar-refractivity contribution >= 4 is 5.91 Å². The normalized spacial score (nSPS) is 16.7. The predicted molar refractivity (Wildman–Crippen MR) is 82.8 cm³/mol. The number of piperidine rings is 1. The molecule has 2 N–H and O–H groups in total. The number of likely N-dealkylation sites (N-methyl/N-ethyl adjacent to an activating group) is 1. The van der Waals surface area contributed by atoms with Crippen LogP contribution < -0.4 is 5.73 Å². The van der Waals surface area contributed by atoms with Crippen molar-refractivity contribution in [1.29, 1.82) is 0 Å². The second kappa shape index (κ2) is 7.56. The molecule has 6 nitrogen and oxygen atoms in total. The minimum absolute atomic E-state index is 0.248. The number of nitrogens with two attached hydrogens (primary N) is 1. The van der Waals surface area contributed by atoms with E-state index in [1.807, 2.05) is 22.7 Å². The summed E-state index contributed by atoms with van der Waals surface area (Å²) in [6.45, 7) is 3.34. The maximum Gasteiger partial charge on any atom is 0.223 e. The molecule has 0 bridgehead atoms. The lowest BCUT2D eigenvalue weighted by Crippen LogP contribution is -2.46. The molecule has 0 saturated carbocycles. The van der Waals surface area contributed by atoms with Crippen LogP contribution in [0.3, 0.4) is 0 Å². The maximum absolute atomic E-state index is 12.3. The molecule has 0 radical (unpaired) electrons. The van der Waals surface area contributed by atoms with E-state index in [0.717, 1.165) is 44.7 Å². The van der Waals surface area contributed by atoms with Crippen molar-refractivity contribution < 1.29 is 4.79 Å². The molecule has 0 aromatic carbocycles. The van der Waals surface area contributed by atoms with Crippen molar-refractivity contribution in [3.8, 4) is 0 Å². The molecule has 1 aliphatic rings. The highest BCUT2D eigenvalue weighted by atomic mass is 16.2. The molecule has 1 amide bonds. The minimum atomic E-state index is 0.248. The summed E-state index contributed by atoms with van der Waals surface area (Å²) < 4.78 is 1.97. The van der Waals surface area contributed by atoms with Crippen LogP contribution in [0.15, 0.2) is 12.4 Å². The fraction of sp³-hybridized carbons (Fsp3) is 0.733. The smallest absolute Gasteiger partial charge is 0.223 e. The van der Waals surface area contributed by atoms with Gasteiger partial charge in [-0.05, 0) is 19.9 Å². The van der Waals surface area contributed by atoms with E-state index < -0.39 is 0 Å². The molecule has 0 spiro atoms. The van der Waals surface area contributed by atoms with Crippen LogP contribution in [0.5, 0.6) is 0 Å². The van der Waals surface area contributed by atoms with Gasteiger partial charge in [-0.3, -0.25) is 4.79 Å². The molecule has 1 aromatic rings. The summed E-state index contributed by atoms with van der Waals surface area (Å²) in [6, 6.07) is 0.562. The summed E-state index contributed by atoms with van der Waals surface area (Å²) in [4.78, 5) is 20.8. The first-order valence-corrected chi connectivity index (χ1v) is 7.76. The summed E-state index contributed by atoms with van der Waals surface area (Å²) >= 11 is 0. The lowest BCUT2D eigenvalue weighted by molar-refractivity contribution is -0.132. The Labute approximate surface area is 126 Å². The Morgan fingerprint density at radius 3 is 2.76 bits per heavy atom. The Morgan fingerprint density at radius 2 is 2.19 bits per heavy atom. The zero-order valence-electron chi connectivity index (χ0n) is 13.2. The van der Waals surface area contributed by atoms with Crippen LogP contribution >= 0.6 is 0 Å². The van der Waals surface area contributed by atoms with E-state index in [0.29, 0.717) is 19.0 Å². The van der Waals surface area contributed by atoms with Gasteiger partial charge in [-0.15, -0.1) is 0 Å². The lowest BCUT2D eigenvalue weighted by atomic mass is 10.0. The SMILES string of the molecule is CN(CCN)C1CCN(C(=O)CCc2nccn2C)CC1. The predicted octanol–water partition coefficient (Wildman–Crippen LogP) is 0.234. The number of hydrogen-bond acceptors (Lipinski definition) is 4.